The lowest BCUT2D eigenvalue weighted by Crippen LogP contribution is -2.21. The van der Waals surface area contributed by atoms with E-state index in [0.29, 0.717) is 11.4 Å². The van der Waals surface area contributed by atoms with Crippen LogP contribution in [0.5, 0.6) is 5.75 Å². The van der Waals surface area contributed by atoms with Crippen molar-refractivity contribution in [3.8, 4) is 5.75 Å². The number of hydrogen-bond acceptors (Lipinski definition) is 3. The summed E-state index contributed by atoms with van der Waals surface area (Å²) in [4.78, 5) is 12.5. The maximum absolute atomic E-state index is 12.5. The number of allylic oxidation sites excluding steroid dienone is 1. The molecule has 1 heterocycles. The summed E-state index contributed by atoms with van der Waals surface area (Å²) in [6.07, 6.45) is 6.37. The molecule has 3 rings (SSSR count). The topological polar surface area (TPSA) is 61.6 Å². The number of benzene rings is 1. The van der Waals surface area contributed by atoms with Crippen molar-refractivity contribution in [1.82, 2.24) is 0 Å². The number of ether oxygens (including phenoxy) is 1. The van der Waals surface area contributed by atoms with E-state index in [2.05, 4.69) is 5.32 Å². The molecule has 1 aromatic rings. The normalized spacial score (nSPS) is 19.6. The molecule has 1 aliphatic carbocycles. The van der Waals surface area contributed by atoms with Crippen LogP contribution >= 0.6 is 0 Å². The predicted octanol–water partition coefficient (Wildman–Crippen LogP) is 2.62. The average molecular weight is 301 g/mol. The molecule has 5 nitrogen and oxygen atoms in total. The Hall–Kier alpha value is -2.30. The molecular formula is C17H21N2O3+. The molecule has 0 saturated heterocycles. The minimum absolute atomic E-state index is 0.122. The standard InChI is InChI=1S/C17H20N2O3/c1-2-19-11-15(19)16(22-14-8-3-4-9-14)17(21)18-12-6-5-7-13(20)10-12/h5-7,10-11,14H,2-4,8-9H2,1H3,(H-,18,20,21)/p+1/b16-15-. The van der Waals surface area contributed by atoms with E-state index in [0.717, 1.165) is 37.9 Å². The molecule has 5 heteroatoms. The summed E-state index contributed by atoms with van der Waals surface area (Å²) in [6.45, 7) is 2.86. The van der Waals surface area contributed by atoms with Gasteiger partial charge in [0.05, 0.1) is 6.10 Å². The Morgan fingerprint density at radius 3 is 2.82 bits per heavy atom. The highest BCUT2D eigenvalue weighted by Crippen LogP contribution is 2.27. The number of nitrogens with one attached hydrogen (secondary N) is 1. The van der Waals surface area contributed by atoms with Crippen molar-refractivity contribution in [2.75, 3.05) is 11.9 Å². The molecule has 0 bridgehead atoms. The van der Waals surface area contributed by atoms with E-state index in [1.807, 2.05) is 17.7 Å². The van der Waals surface area contributed by atoms with E-state index in [1.54, 1.807) is 18.2 Å². The van der Waals surface area contributed by atoms with Crippen LogP contribution in [0.2, 0.25) is 0 Å². The number of phenols is 1. The molecule has 1 aliphatic heterocycles. The monoisotopic (exact) mass is 301 g/mol. The van der Waals surface area contributed by atoms with Gasteiger partial charge in [-0.05, 0) is 44.7 Å². The van der Waals surface area contributed by atoms with Crippen molar-refractivity contribution in [3.05, 3.63) is 35.7 Å². The number of carbonyl (C=O) groups is 1. The molecule has 0 aromatic heterocycles. The van der Waals surface area contributed by atoms with E-state index < -0.39 is 0 Å². The van der Waals surface area contributed by atoms with Gasteiger partial charge < -0.3 is 15.2 Å². The Bertz CT molecular complexity index is 643. The number of hydrogen-bond donors (Lipinski definition) is 2. The Balaban J connectivity index is 1.74. The van der Waals surface area contributed by atoms with Crippen LogP contribution < -0.4 is 5.32 Å². The van der Waals surface area contributed by atoms with Crippen LogP contribution in [0.1, 0.15) is 32.6 Å². The number of anilines is 1. The lowest BCUT2D eigenvalue weighted by atomic mass is 10.2. The molecule has 2 N–H and O–H groups in total. The molecule has 0 spiro atoms. The molecule has 1 amide bonds. The molecular weight excluding hydrogens is 280 g/mol. The van der Waals surface area contributed by atoms with Gasteiger partial charge in [0.1, 0.15) is 12.3 Å². The highest BCUT2D eigenvalue weighted by molar-refractivity contribution is 6.06. The number of rotatable bonds is 5. The van der Waals surface area contributed by atoms with Gasteiger partial charge in [-0.3, -0.25) is 4.79 Å². The molecule has 116 valence electrons. The highest BCUT2D eigenvalue weighted by atomic mass is 16.5. The predicted molar refractivity (Wildman–Crippen MR) is 84.0 cm³/mol. The van der Waals surface area contributed by atoms with Gasteiger partial charge in [-0.2, -0.15) is 4.58 Å². The van der Waals surface area contributed by atoms with Crippen molar-refractivity contribution in [2.24, 2.45) is 0 Å². The lowest BCUT2D eigenvalue weighted by Gasteiger charge is -2.14. The van der Waals surface area contributed by atoms with Gasteiger partial charge >= 0.3 is 5.70 Å². The summed E-state index contributed by atoms with van der Waals surface area (Å²) in [6, 6.07) is 6.52. The summed E-state index contributed by atoms with van der Waals surface area (Å²) in [5, 5.41) is 12.3. The van der Waals surface area contributed by atoms with Crippen molar-refractivity contribution >= 4 is 17.8 Å². The fourth-order valence-electron chi connectivity index (χ4n) is 2.74. The Morgan fingerprint density at radius 2 is 2.18 bits per heavy atom. The Kier molecular flexibility index (Phi) is 4.13. The van der Waals surface area contributed by atoms with Gasteiger partial charge in [-0.15, -0.1) is 0 Å². The van der Waals surface area contributed by atoms with E-state index >= 15 is 0 Å². The van der Waals surface area contributed by atoms with Crippen LogP contribution in [0.4, 0.5) is 5.69 Å². The van der Waals surface area contributed by atoms with Gasteiger partial charge in [0.2, 0.25) is 6.21 Å². The lowest BCUT2D eigenvalue weighted by molar-refractivity contribution is -0.401. The second-order valence-electron chi connectivity index (χ2n) is 5.66. The second-order valence-corrected chi connectivity index (χ2v) is 5.66. The first-order chi connectivity index (χ1) is 10.7. The van der Waals surface area contributed by atoms with E-state index in [1.165, 1.54) is 6.07 Å². The number of phenolic OH excluding ortho intramolecular Hbond substituents is 1. The zero-order chi connectivity index (χ0) is 15.5. The average Bonchev–Trinajstić information content (AvgIpc) is 3.09. The summed E-state index contributed by atoms with van der Waals surface area (Å²) < 4.78 is 7.96. The molecule has 2 aliphatic rings. The van der Waals surface area contributed by atoms with E-state index in [9.17, 15) is 9.90 Å². The van der Waals surface area contributed by atoms with E-state index in [-0.39, 0.29) is 17.8 Å². The van der Waals surface area contributed by atoms with Crippen molar-refractivity contribution < 1.29 is 19.2 Å². The SMILES string of the molecule is CC[N+]1=CC/1=C(/OC1CCCC1)C(=O)Nc1cccc(O)c1. The van der Waals surface area contributed by atoms with Crippen LogP contribution in [-0.2, 0) is 9.53 Å². The zero-order valence-electron chi connectivity index (χ0n) is 12.7. The second kappa shape index (κ2) is 6.22. The zero-order valence-corrected chi connectivity index (χ0v) is 12.7. The summed E-state index contributed by atoms with van der Waals surface area (Å²) in [7, 11) is 0. The minimum Gasteiger partial charge on any atom is -0.508 e. The quantitative estimate of drug-likeness (QED) is 0.499. The first-order valence-electron chi connectivity index (χ1n) is 7.80. The third-order valence-corrected chi connectivity index (χ3v) is 3.99. The van der Waals surface area contributed by atoms with Crippen LogP contribution in [0, 0.1) is 0 Å². The molecule has 22 heavy (non-hydrogen) atoms. The summed E-state index contributed by atoms with van der Waals surface area (Å²) in [5.74, 6) is 0.244. The van der Waals surface area contributed by atoms with Crippen LogP contribution in [0.15, 0.2) is 35.7 Å². The largest absolute Gasteiger partial charge is 0.508 e. The molecule has 1 aromatic carbocycles. The number of amides is 1. The van der Waals surface area contributed by atoms with Gasteiger partial charge in [0, 0.05) is 11.8 Å². The third-order valence-electron chi connectivity index (χ3n) is 3.99. The molecule has 0 radical (unpaired) electrons. The van der Waals surface area contributed by atoms with Gasteiger partial charge in [-0.25, -0.2) is 0 Å². The Labute approximate surface area is 129 Å². The first kappa shape index (κ1) is 14.6. The summed E-state index contributed by atoms with van der Waals surface area (Å²) >= 11 is 0. The maximum Gasteiger partial charge on any atom is 0.317 e. The third kappa shape index (κ3) is 3.30. The number of carbonyl (C=O) groups excluding carboxylic acids is 1. The van der Waals surface area contributed by atoms with Crippen molar-refractivity contribution in [3.63, 3.8) is 0 Å². The Morgan fingerprint density at radius 1 is 1.41 bits per heavy atom. The molecule has 1 fully saturated rings. The van der Waals surface area contributed by atoms with Crippen LogP contribution in [0.25, 0.3) is 0 Å². The molecule has 0 unspecified atom stereocenters. The minimum atomic E-state index is -0.264. The maximum atomic E-state index is 12.5. The van der Waals surface area contributed by atoms with Crippen LogP contribution in [0.3, 0.4) is 0 Å². The molecule has 1 saturated carbocycles. The first-order valence-corrected chi connectivity index (χ1v) is 7.80. The fourth-order valence-corrected chi connectivity index (χ4v) is 2.74. The van der Waals surface area contributed by atoms with Gasteiger partial charge in [-0.1, -0.05) is 6.07 Å². The molecule has 0 atom stereocenters. The van der Waals surface area contributed by atoms with Crippen molar-refractivity contribution in [1.29, 1.82) is 0 Å². The van der Waals surface area contributed by atoms with Gasteiger partial charge in [0.15, 0.2) is 0 Å². The van der Waals surface area contributed by atoms with Crippen LogP contribution in [-0.4, -0.2) is 34.5 Å². The fraction of sp³-hybridized carbons (Fsp3) is 0.412. The van der Waals surface area contributed by atoms with Gasteiger partial charge in [0.25, 0.3) is 11.7 Å². The summed E-state index contributed by atoms with van der Waals surface area (Å²) in [5.41, 5.74) is 1.41. The van der Waals surface area contributed by atoms with Crippen molar-refractivity contribution in [2.45, 2.75) is 38.7 Å². The highest BCUT2D eigenvalue weighted by Gasteiger charge is 2.38. The smallest absolute Gasteiger partial charge is 0.317 e. The van der Waals surface area contributed by atoms with E-state index in [4.69, 9.17) is 4.74 Å². The number of aromatic hydroxyl groups is 1. The number of nitrogens with zero attached hydrogens (tertiary/aromatic N) is 1.